The van der Waals surface area contributed by atoms with E-state index in [1.807, 2.05) is 0 Å². The predicted molar refractivity (Wildman–Crippen MR) is 96.9 cm³/mol. The van der Waals surface area contributed by atoms with Crippen molar-refractivity contribution in [2.24, 2.45) is 0 Å². The number of benzene rings is 1. The summed E-state index contributed by atoms with van der Waals surface area (Å²) in [5, 5.41) is 5.20. The lowest BCUT2D eigenvalue weighted by molar-refractivity contribution is 0.590. The van der Waals surface area contributed by atoms with Gasteiger partial charge < -0.3 is 0 Å². The van der Waals surface area contributed by atoms with Gasteiger partial charge in [0.15, 0.2) is 0 Å². The first kappa shape index (κ1) is 17.9. The molecule has 0 atom stereocenters. The average Bonchev–Trinajstić information content (AvgIpc) is 2.97. The van der Waals surface area contributed by atoms with Crippen molar-refractivity contribution >= 4 is 45.0 Å². The van der Waals surface area contributed by atoms with Gasteiger partial charge in [-0.15, -0.1) is 5.10 Å². The van der Waals surface area contributed by atoms with Crippen molar-refractivity contribution in [3.05, 3.63) is 45.7 Å². The number of anilines is 1. The van der Waals surface area contributed by atoms with Crippen molar-refractivity contribution in [1.29, 1.82) is 0 Å². The third-order valence-corrected chi connectivity index (χ3v) is 6.38. The fraction of sp³-hybridized carbons (Fsp3) is 0.267. The molecule has 1 aromatic carbocycles. The summed E-state index contributed by atoms with van der Waals surface area (Å²) in [7, 11) is -3.83. The maximum absolute atomic E-state index is 12.9. The highest BCUT2D eigenvalue weighted by Crippen LogP contribution is 2.24. The van der Waals surface area contributed by atoms with Gasteiger partial charge >= 0.3 is 0 Å². The number of aromatic nitrogens is 4. The molecular weight excluding hydrogens is 385 g/mol. The summed E-state index contributed by atoms with van der Waals surface area (Å²) in [4.78, 5) is 8.62. The molecule has 3 aromatic rings. The summed E-state index contributed by atoms with van der Waals surface area (Å²) in [5.74, 6) is 0.328. The number of nitrogens with zero attached hydrogens (tertiary/aromatic N) is 5. The average molecular weight is 400 g/mol. The van der Waals surface area contributed by atoms with Crippen LogP contribution < -0.4 is 4.31 Å². The second kappa shape index (κ2) is 6.44. The Morgan fingerprint density at radius 1 is 1.12 bits per heavy atom. The van der Waals surface area contributed by atoms with E-state index in [0.717, 1.165) is 4.31 Å². The van der Waals surface area contributed by atoms with E-state index in [1.54, 1.807) is 20.8 Å². The van der Waals surface area contributed by atoms with Gasteiger partial charge in [0.25, 0.3) is 21.7 Å². The molecule has 0 bridgehead atoms. The molecule has 0 unspecified atom stereocenters. The minimum atomic E-state index is -3.83. The SMILES string of the molecule is CCN(c1nc2nc(C)c(Cl)c(C)n2n1)S(=O)(=O)c1ccc(Cl)cc1. The van der Waals surface area contributed by atoms with E-state index in [-0.39, 0.29) is 17.4 Å². The summed E-state index contributed by atoms with van der Waals surface area (Å²) in [6.45, 7) is 5.39. The van der Waals surface area contributed by atoms with Gasteiger partial charge in [-0.2, -0.15) is 9.50 Å². The summed E-state index contributed by atoms with van der Waals surface area (Å²) in [6.07, 6.45) is 0. The van der Waals surface area contributed by atoms with Crippen LogP contribution in [0.1, 0.15) is 18.3 Å². The van der Waals surface area contributed by atoms with Gasteiger partial charge in [-0.25, -0.2) is 17.7 Å². The number of halogens is 2. The second-order valence-electron chi connectivity index (χ2n) is 5.34. The minimum absolute atomic E-state index is 0.0368. The molecule has 0 aliphatic heterocycles. The van der Waals surface area contributed by atoms with Crippen LogP contribution in [-0.4, -0.2) is 34.5 Å². The molecule has 0 aliphatic rings. The number of sulfonamides is 1. The van der Waals surface area contributed by atoms with Gasteiger partial charge in [-0.05, 0) is 45.0 Å². The van der Waals surface area contributed by atoms with E-state index >= 15 is 0 Å². The van der Waals surface area contributed by atoms with Crippen LogP contribution in [0.25, 0.3) is 5.78 Å². The summed E-state index contributed by atoms with van der Waals surface area (Å²) >= 11 is 12.0. The molecule has 0 N–H and O–H groups in total. The molecule has 7 nitrogen and oxygen atoms in total. The highest BCUT2D eigenvalue weighted by molar-refractivity contribution is 7.92. The maximum atomic E-state index is 12.9. The molecule has 0 spiro atoms. The second-order valence-corrected chi connectivity index (χ2v) is 8.02. The molecule has 2 heterocycles. The zero-order chi connectivity index (χ0) is 18.4. The molecule has 25 heavy (non-hydrogen) atoms. The first-order valence-corrected chi connectivity index (χ1v) is 9.63. The van der Waals surface area contributed by atoms with E-state index in [2.05, 4.69) is 15.1 Å². The number of hydrogen-bond acceptors (Lipinski definition) is 5. The monoisotopic (exact) mass is 399 g/mol. The van der Waals surface area contributed by atoms with Gasteiger partial charge in [0, 0.05) is 11.6 Å². The molecule has 0 saturated carbocycles. The molecule has 10 heteroatoms. The lowest BCUT2D eigenvalue weighted by Crippen LogP contribution is -2.31. The number of aryl methyl sites for hydroxylation is 2. The summed E-state index contributed by atoms with van der Waals surface area (Å²) in [6, 6.07) is 5.93. The van der Waals surface area contributed by atoms with Gasteiger partial charge in [0.05, 0.1) is 21.3 Å². The lowest BCUT2D eigenvalue weighted by Gasteiger charge is -2.18. The molecule has 2 aromatic heterocycles. The third-order valence-electron chi connectivity index (χ3n) is 3.71. The Bertz CT molecular complexity index is 1050. The zero-order valence-electron chi connectivity index (χ0n) is 13.7. The van der Waals surface area contributed by atoms with E-state index in [9.17, 15) is 8.42 Å². The van der Waals surface area contributed by atoms with E-state index in [4.69, 9.17) is 23.2 Å². The quantitative estimate of drug-likeness (QED) is 0.672. The zero-order valence-corrected chi connectivity index (χ0v) is 16.1. The molecule has 0 saturated heterocycles. The Labute approximate surface area is 155 Å². The van der Waals surface area contributed by atoms with E-state index in [1.165, 1.54) is 28.8 Å². The van der Waals surface area contributed by atoms with Crippen molar-refractivity contribution in [1.82, 2.24) is 19.6 Å². The Hall–Kier alpha value is -1.90. The number of fused-ring (bicyclic) bond motifs is 1. The Kier molecular flexibility index (Phi) is 4.61. The Morgan fingerprint density at radius 2 is 1.76 bits per heavy atom. The van der Waals surface area contributed by atoms with Gasteiger partial charge in [-0.1, -0.05) is 23.2 Å². The largest absolute Gasteiger partial charge is 0.266 e. The van der Waals surface area contributed by atoms with Crippen molar-refractivity contribution in [3.63, 3.8) is 0 Å². The van der Waals surface area contributed by atoms with Crippen molar-refractivity contribution in [2.75, 3.05) is 10.8 Å². The summed E-state index contributed by atoms with van der Waals surface area (Å²) < 4.78 is 28.4. The lowest BCUT2D eigenvalue weighted by atomic mass is 10.3. The van der Waals surface area contributed by atoms with Crippen LogP contribution in [0.2, 0.25) is 10.0 Å². The molecule has 0 amide bonds. The van der Waals surface area contributed by atoms with Crippen LogP contribution >= 0.6 is 23.2 Å². The van der Waals surface area contributed by atoms with Crippen LogP contribution in [-0.2, 0) is 10.0 Å². The molecule has 3 rings (SSSR count). The van der Waals surface area contributed by atoms with Crippen molar-refractivity contribution in [3.8, 4) is 0 Å². The normalized spacial score (nSPS) is 11.9. The first-order chi connectivity index (χ1) is 11.8. The van der Waals surface area contributed by atoms with Crippen LogP contribution in [0, 0.1) is 13.8 Å². The van der Waals surface area contributed by atoms with Crippen molar-refractivity contribution < 1.29 is 8.42 Å². The molecule has 132 valence electrons. The number of hydrogen-bond donors (Lipinski definition) is 0. The molecule has 0 aliphatic carbocycles. The van der Waals surface area contributed by atoms with Crippen LogP contribution in [0.3, 0.4) is 0 Å². The van der Waals surface area contributed by atoms with Crippen LogP contribution in [0.15, 0.2) is 29.2 Å². The highest BCUT2D eigenvalue weighted by atomic mass is 35.5. The topological polar surface area (TPSA) is 80.5 Å². The molecule has 0 fully saturated rings. The summed E-state index contributed by atoms with van der Waals surface area (Å²) in [5.41, 5.74) is 1.25. The number of rotatable bonds is 4. The fourth-order valence-electron chi connectivity index (χ4n) is 2.40. The van der Waals surface area contributed by atoms with Crippen molar-refractivity contribution in [2.45, 2.75) is 25.7 Å². The standard InChI is InChI=1S/C15H15Cl2N5O2S/c1-4-21(25(23,24)12-7-5-11(16)6-8-12)15-19-14-18-9(2)13(17)10(3)22(14)20-15/h5-8H,4H2,1-3H3. The first-order valence-electron chi connectivity index (χ1n) is 7.43. The highest BCUT2D eigenvalue weighted by Gasteiger charge is 2.27. The molecular formula is C15H15Cl2N5O2S. The molecule has 0 radical (unpaired) electrons. The van der Waals surface area contributed by atoms with E-state index < -0.39 is 10.0 Å². The van der Waals surface area contributed by atoms with Crippen LogP contribution in [0.4, 0.5) is 5.95 Å². The van der Waals surface area contributed by atoms with Gasteiger partial charge in [0.2, 0.25) is 0 Å². The van der Waals surface area contributed by atoms with Crippen LogP contribution in [0.5, 0.6) is 0 Å². The Morgan fingerprint density at radius 3 is 2.36 bits per heavy atom. The minimum Gasteiger partial charge on any atom is -0.233 e. The van der Waals surface area contributed by atoms with Gasteiger partial charge in [0.1, 0.15) is 0 Å². The predicted octanol–water partition coefficient (Wildman–Crippen LogP) is 3.26. The Balaban J connectivity index is 2.14. The van der Waals surface area contributed by atoms with Gasteiger partial charge in [-0.3, -0.25) is 0 Å². The third kappa shape index (κ3) is 3.05. The fourth-order valence-corrected chi connectivity index (χ4v) is 4.02. The van der Waals surface area contributed by atoms with E-state index in [0.29, 0.717) is 27.2 Å². The maximum Gasteiger partial charge on any atom is 0.266 e. The smallest absolute Gasteiger partial charge is 0.233 e.